The molecule has 2 heterocycles. The van der Waals surface area contributed by atoms with Gasteiger partial charge in [0, 0.05) is 37.8 Å². The van der Waals surface area contributed by atoms with Gasteiger partial charge in [-0.25, -0.2) is 8.42 Å². The number of carbonyl (C=O) groups excluding carboxylic acids is 1. The number of hydrogen-bond acceptors (Lipinski definition) is 4. The van der Waals surface area contributed by atoms with Gasteiger partial charge in [0.2, 0.25) is 10.0 Å². The maximum atomic E-state index is 12.9. The highest BCUT2D eigenvalue weighted by Crippen LogP contribution is 2.24. The molecule has 2 saturated heterocycles. The van der Waals surface area contributed by atoms with Crippen molar-refractivity contribution in [2.45, 2.75) is 50.0 Å². The van der Waals surface area contributed by atoms with Crippen LogP contribution in [0.1, 0.15) is 48.0 Å². The molecule has 2 fully saturated rings. The van der Waals surface area contributed by atoms with Crippen LogP contribution in [0.3, 0.4) is 0 Å². The number of piperidine rings is 2. The Kier molecular flexibility index (Phi) is 7.07. The molecule has 26 heavy (non-hydrogen) atoms. The van der Waals surface area contributed by atoms with Crippen molar-refractivity contribution in [3.8, 4) is 0 Å². The van der Waals surface area contributed by atoms with Crippen molar-refractivity contribution in [1.29, 1.82) is 0 Å². The van der Waals surface area contributed by atoms with Crippen molar-refractivity contribution >= 4 is 28.3 Å². The third kappa shape index (κ3) is 4.39. The normalized spacial score (nSPS) is 21.9. The van der Waals surface area contributed by atoms with E-state index in [2.05, 4.69) is 0 Å². The van der Waals surface area contributed by atoms with Crippen LogP contribution >= 0.6 is 12.4 Å². The predicted molar refractivity (Wildman–Crippen MR) is 104 cm³/mol. The van der Waals surface area contributed by atoms with Crippen LogP contribution in [0, 0.1) is 6.92 Å². The third-order valence-corrected chi connectivity index (χ3v) is 7.03. The fourth-order valence-corrected chi connectivity index (χ4v) is 5.15. The van der Waals surface area contributed by atoms with Gasteiger partial charge in [0.15, 0.2) is 0 Å². The molecule has 1 atom stereocenters. The minimum Gasteiger partial charge on any atom is -0.337 e. The van der Waals surface area contributed by atoms with E-state index >= 15 is 0 Å². The quantitative estimate of drug-likeness (QED) is 0.841. The first kappa shape index (κ1) is 21.2. The molecular weight excluding hydrogens is 374 g/mol. The molecule has 0 radical (unpaired) electrons. The van der Waals surface area contributed by atoms with Gasteiger partial charge in [0.25, 0.3) is 5.91 Å². The summed E-state index contributed by atoms with van der Waals surface area (Å²) in [5, 5.41) is 0. The zero-order valence-electron chi connectivity index (χ0n) is 15.2. The van der Waals surface area contributed by atoms with Gasteiger partial charge in [0.05, 0.1) is 4.90 Å². The molecule has 1 unspecified atom stereocenters. The van der Waals surface area contributed by atoms with E-state index in [1.54, 1.807) is 23.1 Å². The lowest BCUT2D eigenvalue weighted by Gasteiger charge is -2.31. The maximum absolute atomic E-state index is 12.9. The van der Waals surface area contributed by atoms with Gasteiger partial charge in [-0.05, 0) is 50.3 Å². The molecule has 1 aromatic carbocycles. The topological polar surface area (TPSA) is 83.7 Å². The van der Waals surface area contributed by atoms with Gasteiger partial charge in [0.1, 0.15) is 0 Å². The second-order valence-corrected chi connectivity index (χ2v) is 9.03. The number of likely N-dealkylation sites (tertiary alicyclic amines) is 1. The molecule has 0 aromatic heterocycles. The Bertz CT molecular complexity index is 748. The first-order chi connectivity index (χ1) is 11.9. The van der Waals surface area contributed by atoms with E-state index in [9.17, 15) is 13.2 Å². The van der Waals surface area contributed by atoms with E-state index in [0.29, 0.717) is 31.7 Å². The number of nitrogens with two attached hydrogens (primary N) is 1. The number of rotatable bonds is 3. The van der Waals surface area contributed by atoms with Crippen molar-refractivity contribution in [3.05, 3.63) is 29.3 Å². The van der Waals surface area contributed by atoms with E-state index in [-0.39, 0.29) is 29.3 Å². The van der Waals surface area contributed by atoms with Crippen molar-refractivity contribution < 1.29 is 13.2 Å². The van der Waals surface area contributed by atoms with Crippen LogP contribution in [-0.4, -0.2) is 55.8 Å². The van der Waals surface area contributed by atoms with E-state index < -0.39 is 10.0 Å². The Labute approximate surface area is 162 Å². The van der Waals surface area contributed by atoms with Crippen LogP contribution in [0.15, 0.2) is 23.1 Å². The molecule has 0 bridgehead atoms. The van der Waals surface area contributed by atoms with E-state index in [1.165, 1.54) is 4.31 Å². The monoisotopic (exact) mass is 401 g/mol. The number of sulfonamides is 1. The summed E-state index contributed by atoms with van der Waals surface area (Å²) in [6, 6.07) is 4.88. The summed E-state index contributed by atoms with van der Waals surface area (Å²) in [6.45, 7) is 4.16. The highest BCUT2D eigenvalue weighted by atomic mass is 35.5. The summed E-state index contributed by atoms with van der Waals surface area (Å²) in [7, 11) is -3.54. The number of amides is 1. The van der Waals surface area contributed by atoms with E-state index in [0.717, 1.165) is 37.7 Å². The molecule has 2 aliphatic heterocycles. The van der Waals surface area contributed by atoms with Crippen molar-refractivity contribution in [3.63, 3.8) is 0 Å². The second kappa shape index (κ2) is 8.69. The largest absolute Gasteiger partial charge is 0.337 e. The van der Waals surface area contributed by atoms with Crippen molar-refractivity contribution in [1.82, 2.24) is 9.21 Å². The number of aryl methyl sites for hydroxylation is 1. The average Bonchev–Trinajstić information content (AvgIpc) is 2.62. The summed E-state index contributed by atoms with van der Waals surface area (Å²) in [4.78, 5) is 14.8. The lowest BCUT2D eigenvalue weighted by molar-refractivity contribution is 0.0708. The van der Waals surface area contributed by atoms with Gasteiger partial charge >= 0.3 is 0 Å². The van der Waals surface area contributed by atoms with Crippen LogP contribution < -0.4 is 5.73 Å². The van der Waals surface area contributed by atoms with Gasteiger partial charge in [-0.2, -0.15) is 4.31 Å². The summed E-state index contributed by atoms with van der Waals surface area (Å²) in [5.74, 6) is -0.122. The van der Waals surface area contributed by atoms with Crippen LogP contribution in [0.25, 0.3) is 0 Å². The number of carbonyl (C=O) groups is 1. The summed E-state index contributed by atoms with van der Waals surface area (Å²) < 4.78 is 27.3. The zero-order valence-corrected chi connectivity index (χ0v) is 16.8. The minimum atomic E-state index is -3.54. The molecule has 0 saturated carbocycles. The Hall–Kier alpha value is -1.15. The first-order valence-corrected chi connectivity index (χ1v) is 10.5. The third-order valence-electron chi connectivity index (χ3n) is 5.14. The minimum absolute atomic E-state index is 0. The second-order valence-electron chi connectivity index (χ2n) is 7.09. The van der Waals surface area contributed by atoms with Gasteiger partial charge in [-0.3, -0.25) is 4.79 Å². The lowest BCUT2D eigenvalue weighted by Crippen LogP contribution is -2.46. The molecule has 6 nitrogen and oxygen atoms in total. The van der Waals surface area contributed by atoms with Crippen LogP contribution in [0.2, 0.25) is 0 Å². The fourth-order valence-electron chi connectivity index (χ4n) is 3.61. The summed E-state index contributed by atoms with van der Waals surface area (Å²) in [6.07, 6.45) is 4.66. The van der Waals surface area contributed by atoms with Crippen molar-refractivity contribution in [2.24, 2.45) is 5.73 Å². The lowest BCUT2D eigenvalue weighted by atomic mass is 10.0. The molecule has 0 aliphatic carbocycles. The van der Waals surface area contributed by atoms with Gasteiger partial charge < -0.3 is 10.6 Å². The zero-order chi connectivity index (χ0) is 18.0. The Morgan fingerprint density at radius 1 is 1.12 bits per heavy atom. The number of hydrogen-bond donors (Lipinski definition) is 1. The van der Waals surface area contributed by atoms with Crippen molar-refractivity contribution in [2.75, 3.05) is 26.2 Å². The average molecular weight is 402 g/mol. The molecular formula is C18H28ClN3O3S. The number of nitrogens with zero attached hydrogens (tertiary/aromatic N) is 2. The van der Waals surface area contributed by atoms with E-state index in [1.807, 2.05) is 6.92 Å². The molecule has 0 spiro atoms. The highest BCUT2D eigenvalue weighted by molar-refractivity contribution is 7.89. The Morgan fingerprint density at radius 2 is 1.81 bits per heavy atom. The van der Waals surface area contributed by atoms with E-state index in [4.69, 9.17) is 5.73 Å². The highest BCUT2D eigenvalue weighted by Gasteiger charge is 2.28. The molecule has 8 heteroatoms. The maximum Gasteiger partial charge on any atom is 0.254 e. The smallest absolute Gasteiger partial charge is 0.254 e. The van der Waals surface area contributed by atoms with Gasteiger partial charge in [-0.1, -0.05) is 12.5 Å². The molecule has 146 valence electrons. The number of halogens is 1. The molecule has 3 rings (SSSR count). The molecule has 2 N–H and O–H groups in total. The first-order valence-electron chi connectivity index (χ1n) is 9.05. The predicted octanol–water partition coefficient (Wildman–Crippen LogP) is 2.15. The Morgan fingerprint density at radius 3 is 2.46 bits per heavy atom. The fraction of sp³-hybridized carbons (Fsp3) is 0.611. The number of benzene rings is 1. The summed E-state index contributed by atoms with van der Waals surface area (Å²) >= 11 is 0. The standard InChI is InChI=1S/C18H27N3O3S.ClH/c1-14-7-8-16(25(23,24)21-10-3-2-4-11-21)12-17(14)18(22)20-9-5-6-15(19)13-20;/h7-8,12,15H,2-6,9-11,13,19H2,1H3;1H. The van der Waals surface area contributed by atoms with Gasteiger partial charge in [-0.15, -0.1) is 12.4 Å². The Balaban J connectivity index is 0.00000243. The van der Waals surface area contributed by atoms with Crippen LogP contribution in [0.5, 0.6) is 0 Å². The van der Waals surface area contributed by atoms with Crippen LogP contribution in [-0.2, 0) is 10.0 Å². The molecule has 1 amide bonds. The summed E-state index contributed by atoms with van der Waals surface area (Å²) in [5.41, 5.74) is 7.24. The SMILES string of the molecule is Cc1ccc(S(=O)(=O)N2CCCCC2)cc1C(=O)N1CCCC(N)C1.Cl. The van der Waals surface area contributed by atoms with Crippen LogP contribution in [0.4, 0.5) is 0 Å². The molecule has 1 aromatic rings. The molecule has 2 aliphatic rings.